The van der Waals surface area contributed by atoms with Crippen molar-refractivity contribution < 1.29 is 33.1 Å². The van der Waals surface area contributed by atoms with E-state index >= 15 is 0 Å². The molecule has 0 fully saturated rings. The lowest BCUT2D eigenvalue weighted by Crippen LogP contribution is -2.23. The maximum absolute atomic E-state index is 11.7. The molecule has 0 saturated carbocycles. The van der Waals surface area contributed by atoms with Crippen LogP contribution >= 0.6 is 7.82 Å². The van der Waals surface area contributed by atoms with Gasteiger partial charge < -0.3 is 20.5 Å². The van der Waals surface area contributed by atoms with Gasteiger partial charge in [0.2, 0.25) is 0 Å². The minimum Gasteiger partial charge on any atom is -0.463 e. The Balaban J connectivity index is 3.68. The standard InChI is InChI=1S/C25H44NO7P/c1-2-3-4-5-6-7-8-9-10-11-12-13-14-15-16-17-18-19-25(28)31-22-24(27)23-33-34(29,30)32-21-20-26/h6-7,9-10,12-13,15-16,24,27H,2-5,8,11,14,17-23,26H2,1H3,(H,29,30)/b7-6-,10-9-,13-12-,16-15-/t24-/m1/s1. The number of hydrogen-bond acceptors (Lipinski definition) is 7. The Bertz CT molecular complexity index is 662. The van der Waals surface area contributed by atoms with Crippen molar-refractivity contribution in [1.29, 1.82) is 0 Å². The number of phosphoric ester groups is 1. The van der Waals surface area contributed by atoms with Crippen molar-refractivity contribution >= 4 is 13.8 Å². The average Bonchev–Trinajstić information content (AvgIpc) is 2.82. The lowest BCUT2D eigenvalue weighted by atomic mass is 10.2. The molecule has 0 aromatic carbocycles. The van der Waals surface area contributed by atoms with Gasteiger partial charge in [0.05, 0.1) is 13.2 Å². The molecule has 0 rings (SSSR count). The number of phosphoric acid groups is 1. The first-order valence-corrected chi connectivity index (χ1v) is 13.7. The molecule has 0 radical (unpaired) electrons. The fourth-order valence-electron chi connectivity index (χ4n) is 2.62. The van der Waals surface area contributed by atoms with Gasteiger partial charge in [-0.3, -0.25) is 13.8 Å². The molecule has 196 valence electrons. The maximum atomic E-state index is 11.7. The number of unbranched alkanes of at least 4 members (excludes halogenated alkanes) is 4. The molecule has 0 aliphatic heterocycles. The Morgan fingerprint density at radius 3 is 2.00 bits per heavy atom. The topological polar surface area (TPSA) is 128 Å². The second-order valence-corrected chi connectivity index (χ2v) is 9.16. The van der Waals surface area contributed by atoms with E-state index in [1.807, 2.05) is 6.08 Å². The van der Waals surface area contributed by atoms with E-state index in [0.29, 0.717) is 6.42 Å². The quantitative estimate of drug-likeness (QED) is 0.0806. The zero-order valence-electron chi connectivity index (χ0n) is 20.6. The van der Waals surface area contributed by atoms with E-state index in [1.165, 1.54) is 25.7 Å². The van der Waals surface area contributed by atoms with Crippen molar-refractivity contribution in [2.75, 3.05) is 26.4 Å². The predicted molar refractivity (Wildman–Crippen MR) is 136 cm³/mol. The van der Waals surface area contributed by atoms with Crippen LogP contribution in [0.4, 0.5) is 0 Å². The summed E-state index contributed by atoms with van der Waals surface area (Å²) in [5.74, 6) is -0.443. The lowest BCUT2D eigenvalue weighted by molar-refractivity contribution is -0.147. The van der Waals surface area contributed by atoms with Crippen LogP contribution < -0.4 is 5.73 Å². The summed E-state index contributed by atoms with van der Waals surface area (Å²) in [5, 5.41) is 9.67. The van der Waals surface area contributed by atoms with Crippen LogP contribution in [0, 0.1) is 0 Å². The van der Waals surface area contributed by atoms with Gasteiger partial charge in [0.15, 0.2) is 0 Å². The van der Waals surface area contributed by atoms with Gasteiger partial charge in [0.25, 0.3) is 0 Å². The lowest BCUT2D eigenvalue weighted by Gasteiger charge is -2.15. The maximum Gasteiger partial charge on any atom is 0.472 e. The van der Waals surface area contributed by atoms with Gasteiger partial charge in [-0.15, -0.1) is 0 Å². The molecule has 1 unspecified atom stereocenters. The summed E-state index contributed by atoms with van der Waals surface area (Å²) >= 11 is 0. The number of aliphatic hydroxyl groups excluding tert-OH is 1. The van der Waals surface area contributed by atoms with Crippen molar-refractivity contribution in [3.05, 3.63) is 48.6 Å². The van der Waals surface area contributed by atoms with E-state index in [2.05, 4.69) is 58.5 Å². The zero-order chi connectivity index (χ0) is 25.3. The second kappa shape index (κ2) is 23.2. The SMILES string of the molecule is CCCCC/C=C\C/C=C\C/C=C\C/C=C\CCCC(=O)OC[C@@H](O)COP(=O)(O)OCCN. The molecular weight excluding hydrogens is 457 g/mol. The van der Waals surface area contributed by atoms with Gasteiger partial charge in [-0.25, -0.2) is 4.57 Å². The van der Waals surface area contributed by atoms with Crippen LogP contribution in [0.5, 0.6) is 0 Å². The van der Waals surface area contributed by atoms with Crippen molar-refractivity contribution in [1.82, 2.24) is 0 Å². The Kier molecular flexibility index (Phi) is 22.2. The summed E-state index contributed by atoms with van der Waals surface area (Å²) in [5.41, 5.74) is 5.16. The smallest absolute Gasteiger partial charge is 0.463 e. The molecule has 0 heterocycles. The molecule has 2 atom stereocenters. The van der Waals surface area contributed by atoms with Crippen molar-refractivity contribution in [3.8, 4) is 0 Å². The molecule has 0 amide bonds. The van der Waals surface area contributed by atoms with Crippen molar-refractivity contribution in [3.63, 3.8) is 0 Å². The monoisotopic (exact) mass is 501 g/mol. The number of carbonyl (C=O) groups excluding carboxylic acids is 1. The molecule has 0 aliphatic rings. The Hall–Kier alpha value is -1.54. The van der Waals surface area contributed by atoms with Gasteiger partial charge in [-0.1, -0.05) is 68.4 Å². The van der Waals surface area contributed by atoms with Crippen LogP contribution in [-0.2, 0) is 23.1 Å². The normalized spacial score (nSPS) is 15.1. The van der Waals surface area contributed by atoms with E-state index in [9.17, 15) is 19.4 Å². The number of nitrogens with two attached hydrogens (primary N) is 1. The highest BCUT2D eigenvalue weighted by molar-refractivity contribution is 7.47. The second-order valence-electron chi connectivity index (χ2n) is 7.70. The summed E-state index contributed by atoms with van der Waals surface area (Å²) in [7, 11) is -4.26. The minimum absolute atomic E-state index is 0.0646. The highest BCUT2D eigenvalue weighted by Crippen LogP contribution is 2.42. The van der Waals surface area contributed by atoms with E-state index in [4.69, 9.17) is 10.5 Å². The molecule has 9 heteroatoms. The molecule has 0 bridgehead atoms. The van der Waals surface area contributed by atoms with Crippen LogP contribution in [0.1, 0.15) is 71.1 Å². The van der Waals surface area contributed by atoms with E-state index in [1.54, 1.807) is 0 Å². The summed E-state index contributed by atoms with van der Waals surface area (Å²) in [6.45, 7) is 1.33. The number of esters is 1. The Labute approximate surface area is 205 Å². The van der Waals surface area contributed by atoms with Crippen LogP contribution in [0.3, 0.4) is 0 Å². The largest absolute Gasteiger partial charge is 0.472 e. The molecule has 0 aromatic rings. The van der Waals surface area contributed by atoms with Gasteiger partial charge in [-0.05, 0) is 44.9 Å². The third-order valence-electron chi connectivity index (χ3n) is 4.45. The number of aliphatic hydroxyl groups is 1. The van der Waals surface area contributed by atoms with Crippen LogP contribution in [0.25, 0.3) is 0 Å². The van der Waals surface area contributed by atoms with Crippen LogP contribution in [0.2, 0.25) is 0 Å². The van der Waals surface area contributed by atoms with E-state index in [-0.39, 0.29) is 26.2 Å². The van der Waals surface area contributed by atoms with Crippen LogP contribution in [-0.4, -0.2) is 48.4 Å². The zero-order valence-corrected chi connectivity index (χ0v) is 21.5. The molecular formula is C25H44NO7P. The molecule has 8 nitrogen and oxygen atoms in total. The first-order valence-electron chi connectivity index (χ1n) is 12.2. The summed E-state index contributed by atoms with van der Waals surface area (Å²) in [6.07, 6.45) is 25.4. The number of ether oxygens (including phenoxy) is 1. The highest BCUT2D eigenvalue weighted by Gasteiger charge is 2.22. The summed E-state index contributed by atoms with van der Waals surface area (Å²) in [6, 6.07) is 0. The third kappa shape index (κ3) is 23.6. The molecule has 34 heavy (non-hydrogen) atoms. The van der Waals surface area contributed by atoms with Crippen molar-refractivity contribution in [2.24, 2.45) is 5.73 Å². The molecule has 4 N–H and O–H groups in total. The summed E-state index contributed by atoms with van der Waals surface area (Å²) in [4.78, 5) is 21.0. The van der Waals surface area contributed by atoms with Crippen molar-refractivity contribution in [2.45, 2.75) is 77.2 Å². The summed E-state index contributed by atoms with van der Waals surface area (Å²) < 4.78 is 25.5. The molecule has 0 aromatic heterocycles. The fraction of sp³-hybridized carbons (Fsp3) is 0.640. The van der Waals surface area contributed by atoms with E-state index in [0.717, 1.165) is 25.7 Å². The minimum atomic E-state index is -4.26. The number of hydrogen-bond donors (Lipinski definition) is 3. The van der Waals surface area contributed by atoms with E-state index < -0.39 is 26.5 Å². The molecule has 0 spiro atoms. The Morgan fingerprint density at radius 1 is 0.882 bits per heavy atom. The average molecular weight is 502 g/mol. The number of rotatable bonds is 22. The Morgan fingerprint density at radius 2 is 1.44 bits per heavy atom. The predicted octanol–water partition coefficient (Wildman–Crippen LogP) is 5.13. The molecule has 0 aliphatic carbocycles. The van der Waals surface area contributed by atoms with Crippen LogP contribution in [0.15, 0.2) is 48.6 Å². The third-order valence-corrected chi connectivity index (χ3v) is 5.43. The fourth-order valence-corrected chi connectivity index (χ4v) is 3.39. The molecule has 0 saturated heterocycles. The highest BCUT2D eigenvalue weighted by atomic mass is 31.2. The van der Waals surface area contributed by atoms with Gasteiger partial charge in [0, 0.05) is 13.0 Å². The number of allylic oxidation sites excluding steroid dienone is 8. The van der Waals surface area contributed by atoms with Gasteiger partial charge in [0.1, 0.15) is 12.7 Å². The number of carbonyl (C=O) groups is 1. The van der Waals surface area contributed by atoms with Gasteiger partial charge in [-0.2, -0.15) is 0 Å². The van der Waals surface area contributed by atoms with Gasteiger partial charge >= 0.3 is 13.8 Å². The first-order chi connectivity index (χ1) is 16.4. The first kappa shape index (κ1) is 32.5.